The van der Waals surface area contributed by atoms with Gasteiger partial charge in [-0.1, -0.05) is 0 Å². The summed E-state index contributed by atoms with van der Waals surface area (Å²) < 4.78 is 11.2. The molecule has 0 bridgehead atoms. The third kappa shape index (κ3) is 3.39. The van der Waals surface area contributed by atoms with Gasteiger partial charge in [-0.2, -0.15) is 0 Å². The maximum atomic E-state index is 9.09. The van der Waals surface area contributed by atoms with E-state index >= 15 is 0 Å². The monoisotopic (exact) mass is 289 g/mol. The molecule has 1 aliphatic rings. The van der Waals surface area contributed by atoms with Crippen LogP contribution in [0.15, 0.2) is 28.7 Å². The first-order valence-corrected chi connectivity index (χ1v) is 7.68. The molecule has 1 fully saturated rings. The van der Waals surface area contributed by atoms with Crippen molar-refractivity contribution in [2.24, 2.45) is 5.92 Å². The Kier molecular flexibility index (Phi) is 4.46. The van der Waals surface area contributed by atoms with Gasteiger partial charge in [0.15, 0.2) is 0 Å². The van der Waals surface area contributed by atoms with Gasteiger partial charge in [0.2, 0.25) is 0 Å². The van der Waals surface area contributed by atoms with Crippen LogP contribution in [0.1, 0.15) is 25.0 Å². The van der Waals surface area contributed by atoms with Gasteiger partial charge in [0, 0.05) is 18.5 Å². The molecule has 1 aromatic heterocycles. The number of hydrogen-bond acceptors (Lipinski definition) is 4. The first-order chi connectivity index (χ1) is 10.3. The van der Waals surface area contributed by atoms with Crippen molar-refractivity contribution in [1.29, 1.82) is 0 Å². The van der Waals surface area contributed by atoms with Crippen LogP contribution >= 0.6 is 0 Å². The van der Waals surface area contributed by atoms with Gasteiger partial charge in [0.05, 0.1) is 13.7 Å². The zero-order chi connectivity index (χ0) is 14.7. The minimum Gasteiger partial charge on any atom is -0.497 e. The van der Waals surface area contributed by atoms with E-state index in [-0.39, 0.29) is 0 Å². The molecule has 1 saturated heterocycles. The fourth-order valence-electron chi connectivity index (χ4n) is 3.21. The van der Waals surface area contributed by atoms with Gasteiger partial charge in [-0.15, -0.1) is 0 Å². The predicted octanol–water partition coefficient (Wildman–Crippen LogP) is 3.04. The number of benzene rings is 1. The summed E-state index contributed by atoms with van der Waals surface area (Å²) in [6.07, 6.45) is 3.35. The summed E-state index contributed by atoms with van der Waals surface area (Å²) in [6.45, 7) is 3.31. The number of furan rings is 1. The van der Waals surface area contributed by atoms with E-state index in [0.29, 0.717) is 12.5 Å². The van der Waals surface area contributed by atoms with Crippen LogP contribution in [0.25, 0.3) is 11.0 Å². The van der Waals surface area contributed by atoms with Gasteiger partial charge in [0.1, 0.15) is 17.1 Å². The maximum absolute atomic E-state index is 9.09. The zero-order valence-corrected chi connectivity index (χ0v) is 12.5. The molecule has 0 spiro atoms. The second kappa shape index (κ2) is 6.50. The lowest BCUT2D eigenvalue weighted by molar-refractivity contribution is 0.136. The largest absolute Gasteiger partial charge is 0.497 e. The van der Waals surface area contributed by atoms with E-state index < -0.39 is 0 Å². The molecule has 0 saturated carbocycles. The quantitative estimate of drug-likeness (QED) is 0.919. The van der Waals surface area contributed by atoms with Crippen molar-refractivity contribution in [3.05, 3.63) is 30.0 Å². The second-order valence-corrected chi connectivity index (χ2v) is 5.87. The number of rotatable bonds is 5. The van der Waals surface area contributed by atoms with E-state index in [9.17, 15) is 0 Å². The lowest BCUT2D eigenvalue weighted by atomic mass is 9.95. The summed E-state index contributed by atoms with van der Waals surface area (Å²) in [5.74, 6) is 2.48. The number of nitrogens with zero attached hydrogens (tertiary/aromatic N) is 1. The Labute approximate surface area is 125 Å². The second-order valence-electron chi connectivity index (χ2n) is 5.87. The molecule has 1 aliphatic heterocycles. The third-order valence-electron chi connectivity index (χ3n) is 4.29. The van der Waals surface area contributed by atoms with Gasteiger partial charge in [-0.3, -0.25) is 4.90 Å². The third-order valence-corrected chi connectivity index (χ3v) is 4.29. The van der Waals surface area contributed by atoms with E-state index in [1.807, 2.05) is 18.2 Å². The first kappa shape index (κ1) is 14.4. The Morgan fingerprint density at radius 2 is 2.29 bits per heavy atom. The van der Waals surface area contributed by atoms with Crippen LogP contribution in [0, 0.1) is 5.92 Å². The molecule has 21 heavy (non-hydrogen) atoms. The van der Waals surface area contributed by atoms with Gasteiger partial charge in [-0.05, 0) is 56.0 Å². The van der Waals surface area contributed by atoms with E-state index in [0.717, 1.165) is 48.5 Å². The predicted molar refractivity (Wildman–Crippen MR) is 82.5 cm³/mol. The minimum absolute atomic E-state index is 0.295. The summed E-state index contributed by atoms with van der Waals surface area (Å²) in [4.78, 5) is 2.43. The molecule has 1 N–H and O–H groups in total. The Hall–Kier alpha value is -1.52. The topological polar surface area (TPSA) is 45.8 Å². The normalized spacial score (nSPS) is 20.0. The van der Waals surface area contributed by atoms with Crippen LogP contribution in [0.2, 0.25) is 0 Å². The fraction of sp³-hybridized carbons (Fsp3) is 0.529. The number of aliphatic hydroxyl groups is 1. The van der Waals surface area contributed by atoms with Crippen molar-refractivity contribution in [2.75, 3.05) is 26.8 Å². The Bertz CT molecular complexity index is 591. The summed E-state index contributed by atoms with van der Waals surface area (Å²) in [5.41, 5.74) is 0.912. The standard InChI is InChI=1S/C17H23NO3/c1-20-15-4-5-17-14(9-15)10-16(21-17)12-18-7-2-3-13(11-18)6-8-19/h4-5,9-10,13,19H,2-3,6-8,11-12H2,1H3/t13-/m1/s1. The van der Waals surface area contributed by atoms with Crippen LogP contribution in [-0.4, -0.2) is 36.8 Å². The van der Waals surface area contributed by atoms with Crippen LogP contribution < -0.4 is 4.74 Å². The Morgan fingerprint density at radius 1 is 1.38 bits per heavy atom. The van der Waals surface area contributed by atoms with Crippen LogP contribution in [0.5, 0.6) is 5.75 Å². The average Bonchev–Trinajstić information content (AvgIpc) is 2.89. The highest BCUT2D eigenvalue weighted by molar-refractivity contribution is 5.79. The molecule has 114 valence electrons. The number of methoxy groups -OCH3 is 1. The molecule has 4 nitrogen and oxygen atoms in total. The van der Waals surface area contributed by atoms with Crippen LogP contribution in [-0.2, 0) is 6.54 Å². The SMILES string of the molecule is COc1ccc2oc(CN3CCC[C@H](CCO)C3)cc2c1. The number of aliphatic hydroxyl groups excluding tert-OH is 1. The van der Waals surface area contributed by atoms with Crippen molar-refractivity contribution in [3.8, 4) is 5.75 Å². The van der Waals surface area contributed by atoms with Gasteiger partial charge >= 0.3 is 0 Å². The molecule has 4 heteroatoms. The molecule has 2 aromatic rings. The highest BCUT2D eigenvalue weighted by atomic mass is 16.5. The van der Waals surface area contributed by atoms with Crippen molar-refractivity contribution >= 4 is 11.0 Å². The van der Waals surface area contributed by atoms with E-state index in [2.05, 4.69) is 11.0 Å². The van der Waals surface area contributed by atoms with Crippen LogP contribution in [0.4, 0.5) is 0 Å². The molecule has 0 aliphatic carbocycles. The van der Waals surface area contributed by atoms with E-state index in [1.165, 1.54) is 12.8 Å². The number of fused-ring (bicyclic) bond motifs is 1. The molecule has 0 radical (unpaired) electrons. The Balaban J connectivity index is 1.69. The van der Waals surface area contributed by atoms with Gasteiger partial charge in [-0.25, -0.2) is 0 Å². The molecule has 1 atom stereocenters. The average molecular weight is 289 g/mol. The number of piperidine rings is 1. The number of hydrogen-bond donors (Lipinski definition) is 1. The molecular weight excluding hydrogens is 266 g/mol. The molecule has 0 amide bonds. The molecule has 1 aromatic carbocycles. The smallest absolute Gasteiger partial charge is 0.134 e. The summed E-state index contributed by atoms with van der Waals surface area (Å²) in [5, 5.41) is 10.2. The number of likely N-dealkylation sites (tertiary alicyclic amines) is 1. The lowest BCUT2D eigenvalue weighted by Crippen LogP contribution is -2.35. The van der Waals surface area contributed by atoms with Crippen LogP contribution in [0.3, 0.4) is 0 Å². The summed E-state index contributed by atoms with van der Waals surface area (Å²) in [7, 11) is 1.68. The summed E-state index contributed by atoms with van der Waals surface area (Å²) in [6, 6.07) is 8.00. The maximum Gasteiger partial charge on any atom is 0.134 e. The molecule has 2 heterocycles. The molecular formula is C17H23NO3. The minimum atomic E-state index is 0.295. The highest BCUT2D eigenvalue weighted by Crippen LogP contribution is 2.26. The number of ether oxygens (including phenoxy) is 1. The fourth-order valence-corrected chi connectivity index (χ4v) is 3.21. The zero-order valence-electron chi connectivity index (χ0n) is 12.5. The summed E-state index contributed by atoms with van der Waals surface area (Å²) >= 11 is 0. The van der Waals surface area contributed by atoms with Crippen molar-refractivity contribution in [1.82, 2.24) is 4.90 Å². The van der Waals surface area contributed by atoms with Gasteiger partial charge in [0.25, 0.3) is 0 Å². The van der Waals surface area contributed by atoms with E-state index in [1.54, 1.807) is 7.11 Å². The lowest BCUT2D eigenvalue weighted by Gasteiger charge is -2.31. The first-order valence-electron chi connectivity index (χ1n) is 7.68. The molecule has 3 rings (SSSR count). The van der Waals surface area contributed by atoms with E-state index in [4.69, 9.17) is 14.3 Å². The van der Waals surface area contributed by atoms with Crippen molar-refractivity contribution in [3.63, 3.8) is 0 Å². The molecule has 0 unspecified atom stereocenters. The van der Waals surface area contributed by atoms with Crippen molar-refractivity contribution in [2.45, 2.75) is 25.8 Å². The highest BCUT2D eigenvalue weighted by Gasteiger charge is 2.20. The van der Waals surface area contributed by atoms with Crippen molar-refractivity contribution < 1.29 is 14.3 Å². The van der Waals surface area contributed by atoms with Gasteiger partial charge < -0.3 is 14.3 Å². The Morgan fingerprint density at radius 3 is 3.10 bits per heavy atom.